The van der Waals surface area contributed by atoms with Gasteiger partial charge in [-0.2, -0.15) is 5.10 Å². The number of benzene rings is 1. The maximum atomic E-state index is 10.4. The molecule has 0 spiro atoms. The van der Waals surface area contributed by atoms with Crippen molar-refractivity contribution < 1.29 is 5.11 Å². The SMILES string of the molecule is CCCc1cccc(C(O)c2ccnn2CC)c1. The van der Waals surface area contributed by atoms with Gasteiger partial charge in [0.25, 0.3) is 0 Å². The van der Waals surface area contributed by atoms with Gasteiger partial charge < -0.3 is 5.11 Å². The Bertz CT molecular complexity index is 505. The number of rotatable bonds is 5. The molecule has 0 fully saturated rings. The van der Waals surface area contributed by atoms with Crippen molar-refractivity contribution in [3.05, 3.63) is 53.3 Å². The molecule has 0 aliphatic carbocycles. The third-order valence-corrected chi connectivity index (χ3v) is 3.13. The first-order chi connectivity index (χ1) is 8.76. The lowest BCUT2D eigenvalue weighted by atomic mass is 10.0. The molecule has 1 heterocycles. The average Bonchev–Trinajstić information content (AvgIpc) is 2.87. The Labute approximate surface area is 108 Å². The lowest BCUT2D eigenvalue weighted by molar-refractivity contribution is 0.208. The van der Waals surface area contributed by atoms with Gasteiger partial charge >= 0.3 is 0 Å². The lowest BCUT2D eigenvalue weighted by Gasteiger charge is -2.13. The summed E-state index contributed by atoms with van der Waals surface area (Å²) in [5, 5.41) is 14.6. The molecular weight excluding hydrogens is 224 g/mol. The van der Waals surface area contributed by atoms with Crippen molar-refractivity contribution in [1.29, 1.82) is 0 Å². The van der Waals surface area contributed by atoms with Gasteiger partial charge in [0.2, 0.25) is 0 Å². The molecule has 0 amide bonds. The molecule has 0 radical (unpaired) electrons. The second-order valence-corrected chi connectivity index (χ2v) is 4.47. The van der Waals surface area contributed by atoms with Crippen molar-refractivity contribution in [1.82, 2.24) is 9.78 Å². The minimum atomic E-state index is -0.593. The van der Waals surface area contributed by atoms with E-state index in [1.807, 2.05) is 29.8 Å². The highest BCUT2D eigenvalue weighted by Crippen LogP contribution is 2.22. The summed E-state index contributed by atoms with van der Waals surface area (Å²) in [4.78, 5) is 0. The molecule has 0 saturated carbocycles. The summed E-state index contributed by atoms with van der Waals surface area (Å²) >= 11 is 0. The van der Waals surface area contributed by atoms with Crippen LogP contribution in [0.25, 0.3) is 0 Å². The molecule has 96 valence electrons. The number of hydrogen-bond donors (Lipinski definition) is 1. The molecule has 1 aromatic heterocycles. The van der Waals surface area contributed by atoms with Crippen molar-refractivity contribution in [2.75, 3.05) is 0 Å². The fraction of sp³-hybridized carbons (Fsp3) is 0.400. The number of nitrogens with zero attached hydrogens (tertiary/aromatic N) is 2. The number of aromatic nitrogens is 2. The summed E-state index contributed by atoms with van der Waals surface area (Å²) in [7, 11) is 0. The van der Waals surface area contributed by atoms with E-state index in [0.717, 1.165) is 30.6 Å². The number of hydrogen-bond acceptors (Lipinski definition) is 2. The quantitative estimate of drug-likeness (QED) is 0.878. The van der Waals surface area contributed by atoms with Crippen LogP contribution in [0.15, 0.2) is 36.5 Å². The largest absolute Gasteiger partial charge is 0.382 e. The maximum Gasteiger partial charge on any atom is 0.121 e. The van der Waals surface area contributed by atoms with Crippen LogP contribution in [-0.4, -0.2) is 14.9 Å². The highest BCUT2D eigenvalue weighted by Gasteiger charge is 2.14. The van der Waals surface area contributed by atoms with Crippen LogP contribution in [0.4, 0.5) is 0 Å². The standard InChI is InChI=1S/C15H20N2O/c1-3-6-12-7-5-8-13(11-12)15(18)14-9-10-16-17(14)4-2/h5,7-11,15,18H,3-4,6H2,1-2H3. The van der Waals surface area contributed by atoms with Gasteiger partial charge in [-0.3, -0.25) is 4.68 Å². The summed E-state index contributed by atoms with van der Waals surface area (Å²) in [5.41, 5.74) is 3.07. The average molecular weight is 244 g/mol. The molecule has 18 heavy (non-hydrogen) atoms. The van der Waals surface area contributed by atoms with E-state index in [2.05, 4.69) is 24.2 Å². The molecular formula is C15H20N2O. The third-order valence-electron chi connectivity index (χ3n) is 3.13. The van der Waals surface area contributed by atoms with Crippen molar-refractivity contribution in [3.63, 3.8) is 0 Å². The molecule has 2 aromatic rings. The second-order valence-electron chi connectivity index (χ2n) is 4.47. The predicted octanol–water partition coefficient (Wildman–Crippen LogP) is 2.94. The van der Waals surface area contributed by atoms with Gasteiger partial charge in [0.15, 0.2) is 0 Å². The van der Waals surface area contributed by atoms with Gasteiger partial charge in [0.1, 0.15) is 6.10 Å². The van der Waals surface area contributed by atoms with Crippen LogP contribution in [0, 0.1) is 0 Å². The minimum Gasteiger partial charge on any atom is -0.382 e. The third kappa shape index (κ3) is 2.62. The van der Waals surface area contributed by atoms with E-state index in [0.29, 0.717) is 0 Å². The minimum absolute atomic E-state index is 0.593. The Morgan fingerprint density at radius 2 is 2.11 bits per heavy atom. The maximum absolute atomic E-state index is 10.4. The fourth-order valence-electron chi connectivity index (χ4n) is 2.22. The smallest absolute Gasteiger partial charge is 0.121 e. The van der Waals surface area contributed by atoms with Gasteiger partial charge in [-0.15, -0.1) is 0 Å². The van der Waals surface area contributed by atoms with E-state index in [1.54, 1.807) is 6.20 Å². The normalized spacial score (nSPS) is 12.6. The molecule has 2 rings (SSSR count). The van der Waals surface area contributed by atoms with Crippen molar-refractivity contribution in [2.45, 2.75) is 39.3 Å². The first-order valence-electron chi connectivity index (χ1n) is 6.54. The van der Waals surface area contributed by atoms with Gasteiger partial charge in [0, 0.05) is 12.7 Å². The Morgan fingerprint density at radius 1 is 1.28 bits per heavy atom. The lowest BCUT2D eigenvalue weighted by Crippen LogP contribution is -2.09. The zero-order chi connectivity index (χ0) is 13.0. The summed E-state index contributed by atoms with van der Waals surface area (Å²) in [6.07, 6.45) is 3.31. The molecule has 0 aliphatic rings. The Kier molecular flexibility index (Phi) is 4.15. The Balaban J connectivity index is 2.28. The first-order valence-corrected chi connectivity index (χ1v) is 6.54. The van der Waals surface area contributed by atoms with Crippen LogP contribution in [-0.2, 0) is 13.0 Å². The van der Waals surface area contributed by atoms with Crippen LogP contribution in [0.3, 0.4) is 0 Å². The van der Waals surface area contributed by atoms with Crippen LogP contribution in [0.1, 0.15) is 43.2 Å². The summed E-state index contributed by atoms with van der Waals surface area (Å²) < 4.78 is 1.83. The van der Waals surface area contributed by atoms with E-state index >= 15 is 0 Å². The topological polar surface area (TPSA) is 38.1 Å². The summed E-state index contributed by atoms with van der Waals surface area (Å²) in [5.74, 6) is 0. The van der Waals surface area contributed by atoms with E-state index in [-0.39, 0.29) is 0 Å². The number of aliphatic hydroxyl groups excluding tert-OH is 1. The van der Waals surface area contributed by atoms with Gasteiger partial charge in [-0.05, 0) is 30.5 Å². The Hall–Kier alpha value is -1.61. The number of aryl methyl sites for hydroxylation is 2. The molecule has 1 unspecified atom stereocenters. The molecule has 3 nitrogen and oxygen atoms in total. The predicted molar refractivity (Wildman–Crippen MR) is 72.4 cm³/mol. The van der Waals surface area contributed by atoms with Crippen molar-refractivity contribution in [2.24, 2.45) is 0 Å². The molecule has 0 bridgehead atoms. The van der Waals surface area contributed by atoms with E-state index in [4.69, 9.17) is 0 Å². The molecule has 0 aliphatic heterocycles. The first kappa shape index (κ1) is 12.8. The van der Waals surface area contributed by atoms with Gasteiger partial charge in [-0.25, -0.2) is 0 Å². The van der Waals surface area contributed by atoms with E-state index in [1.165, 1.54) is 5.56 Å². The zero-order valence-electron chi connectivity index (χ0n) is 11.0. The van der Waals surface area contributed by atoms with Crippen molar-refractivity contribution in [3.8, 4) is 0 Å². The molecule has 0 saturated heterocycles. The van der Waals surface area contributed by atoms with Crippen LogP contribution >= 0.6 is 0 Å². The zero-order valence-corrected chi connectivity index (χ0v) is 11.0. The van der Waals surface area contributed by atoms with Gasteiger partial charge in [-0.1, -0.05) is 37.6 Å². The summed E-state index contributed by atoms with van der Waals surface area (Å²) in [6, 6.07) is 10.0. The molecule has 1 N–H and O–H groups in total. The monoisotopic (exact) mass is 244 g/mol. The van der Waals surface area contributed by atoms with E-state index < -0.39 is 6.10 Å². The molecule has 1 aromatic carbocycles. The summed E-state index contributed by atoms with van der Waals surface area (Å²) in [6.45, 7) is 4.96. The molecule has 3 heteroatoms. The van der Waals surface area contributed by atoms with Crippen molar-refractivity contribution >= 4 is 0 Å². The van der Waals surface area contributed by atoms with Gasteiger partial charge in [0.05, 0.1) is 5.69 Å². The fourth-order valence-corrected chi connectivity index (χ4v) is 2.22. The highest BCUT2D eigenvalue weighted by molar-refractivity contribution is 5.30. The number of aliphatic hydroxyl groups is 1. The Morgan fingerprint density at radius 3 is 2.83 bits per heavy atom. The van der Waals surface area contributed by atoms with E-state index in [9.17, 15) is 5.11 Å². The van der Waals surface area contributed by atoms with Crippen LogP contribution < -0.4 is 0 Å². The van der Waals surface area contributed by atoms with Crippen LogP contribution in [0.5, 0.6) is 0 Å². The highest BCUT2D eigenvalue weighted by atomic mass is 16.3. The molecule has 1 atom stereocenters. The van der Waals surface area contributed by atoms with Crippen LogP contribution in [0.2, 0.25) is 0 Å². The second kappa shape index (κ2) is 5.83.